The van der Waals surface area contributed by atoms with Crippen molar-refractivity contribution in [3.05, 3.63) is 11.4 Å². The number of hydrogen-bond donors (Lipinski definition) is 0. The summed E-state index contributed by atoms with van der Waals surface area (Å²) in [5.74, 6) is 0.984. The van der Waals surface area contributed by atoms with Crippen molar-refractivity contribution in [2.45, 2.75) is 19.8 Å². The van der Waals surface area contributed by atoms with E-state index in [0.717, 1.165) is 18.7 Å². The third kappa shape index (κ3) is 0.995. The molecule has 2 rings (SSSR count). The number of ether oxygens (including phenoxy) is 1. The molecule has 0 unspecified atom stereocenters. The molecular weight excluding hydrogens is 154 g/mol. The number of allylic oxidation sites excluding steroid dienone is 1. The molecule has 0 radical (unpaired) electrons. The molecule has 1 aromatic rings. The molecule has 0 amide bonds. The average molecular weight is 165 g/mol. The maximum Gasteiger partial charge on any atom is 0.320 e. The molecule has 1 aliphatic heterocycles. The van der Waals surface area contributed by atoms with Gasteiger partial charge < -0.3 is 4.74 Å². The standard InChI is InChI=1S/C8H11N3O/c1-6-3-4-7-9-10-8(12-2)11(7)5-6/h5H,3-4H2,1-2H3. The first kappa shape index (κ1) is 7.34. The van der Waals surface area contributed by atoms with Gasteiger partial charge in [0.05, 0.1) is 7.11 Å². The molecule has 1 aromatic heterocycles. The minimum absolute atomic E-state index is 0.573. The van der Waals surface area contributed by atoms with Crippen LogP contribution in [0.3, 0.4) is 0 Å². The zero-order valence-electron chi connectivity index (χ0n) is 7.24. The Hall–Kier alpha value is -1.32. The molecule has 0 saturated heterocycles. The minimum atomic E-state index is 0.573. The van der Waals surface area contributed by atoms with Crippen LogP contribution in [-0.2, 0) is 6.42 Å². The van der Waals surface area contributed by atoms with Crippen LogP contribution in [0.2, 0.25) is 0 Å². The Morgan fingerprint density at radius 1 is 1.42 bits per heavy atom. The highest BCUT2D eigenvalue weighted by molar-refractivity contribution is 5.37. The number of nitrogens with zero attached hydrogens (tertiary/aromatic N) is 3. The lowest BCUT2D eigenvalue weighted by Crippen LogP contribution is -2.05. The fraction of sp³-hybridized carbons (Fsp3) is 0.500. The monoisotopic (exact) mass is 165 g/mol. The molecule has 0 spiro atoms. The van der Waals surface area contributed by atoms with Gasteiger partial charge in [0.1, 0.15) is 5.82 Å². The SMILES string of the molecule is COc1nnc2n1C=C(C)CC2. The molecule has 0 fully saturated rings. The van der Waals surface area contributed by atoms with E-state index in [9.17, 15) is 0 Å². The first-order valence-electron chi connectivity index (χ1n) is 3.96. The van der Waals surface area contributed by atoms with Crippen molar-refractivity contribution in [1.82, 2.24) is 14.8 Å². The van der Waals surface area contributed by atoms with E-state index in [-0.39, 0.29) is 0 Å². The van der Waals surface area contributed by atoms with E-state index in [1.165, 1.54) is 5.57 Å². The third-order valence-electron chi connectivity index (χ3n) is 2.01. The highest BCUT2D eigenvalue weighted by Gasteiger charge is 2.14. The van der Waals surface area contributed by atoms with Crippen molar-refractivity contribution in [2.75, 3.05) is 7.11 Å². The number of fused-ring (bicyclic) bond motifs is 1. The zero-order chi connectivity index (χ0) is 8.55. The van der Waals surface area contributed by atoms with Gasteiger partial charge in [-0.15, -0.1) is 5.10 Å². The quantitative estimate of drug-likeness (QED) is 0.625. The molecule has 0 aliphatic carbocycles. The summed E-state index contributed by atoms with van der Waals surface area (Å²) in [6, 6.07) is 0.573. The predicted octanol–water partition coefficient (Wildman–Crippen LogP) is 1.09. The molecule has 0 saturated carbocycles. The Bertz CT molecular complexity index is 327. The molecule has 4 nitrogen and oxygen atoms in total. The molecular formula is C8H11N3O. The number of aromatic nitrogens is 3. The second kappa shape index (κ2) is 2.62. The van der Waals surface area contributed by atoms with Crippen molar-refractivity contribution in [1.29, 1.82) is 0 Å². The maximum atomic E-state index is 5.05. The summed E-state index contributed by atoms with van der Waals surface area (Å²) in [5.41, 5.74) is 1.33. The molecule has 0 bridgehead atoms. The highest BCUT2D eigenvalue weighted by Crippen LogP contribution is 2.20. The van der Waals surface area contributed by atoms with Gasteiger partial charge in [0.2, 0.25) is 0 Å². The van der Waals surface area contributed by atoms with E-state index in [2.05, 4.69) is 17.1 Å². The number of methoxy groups -OCH3 is 1. The van der Waals surface area contributed by atoms with Crippen LogP contribution in [0.15, 0.2) is 5.57 Å². The van der Waals surface area contributed by atoms with Crippen LogP contribution in [0.25, 0.3) is 6.20 Å². The molecule has 0 atom stereocenters. The van der Waals surface area contributed by atoms with Crippen LogP contribution in [0, 0.1) is 0 Å². The maximum absolute atomic E-state index is 5.05. The van der Waals surface area contributed by atoms with Gasteiger partial charge in [-0.1, -0.05) is 10.7 Å². The van der Waals surface area contributed by atoms with Gasteiger partial charge in [0.25, 0.3) is 0 Å². The van der Waals surface area contributed by atoms with Crippen LogP contribution in [-0.4, -0.2) is 21.9 Å². The van der Waals surface area contributed by atoms with E-state index in [4.69, 9.17) is 4.74 Å². The molecule has 12 heavy (non-hydrogen) atoms. The average Bonchev–Trinajstić information content (AvgIpc) is 2.46. The van der Waals surface area contributed by atoms with Gasteiger partial charge in [-0.25, -0.2) is 0 Å². The summed E-state index contributed by atoms with van der Waals surface area (Å²) >= 11 is 0. The van der Waals surface area contributed by atoms with Crippen LogP contribution < -0.4 is 4.74 Å². The minimum Gasteiger partial charge on any atom is -0.467 e. The summed E-state index contributed by atoms with van der Waals surface area (Å²) in [5, 5.41) is 7.90. The van der Waals surface area contributed by atoms with Crippen LogP contribution in [0.4, 0.5) is 0 Å². The lowest BCUT2D eigenvalue weighted by Gasteiger charge is -2.10. The van der Waals surface area contributed by atoms with E-state index in [1.54, 1.807) is 7.11 Å². The molecule has 1 aliphatic rings. The summed E-state index contributed by atoms with van der Waals surface area (Å²) < 4.78 is 6.95. The number of aryl methyl sites for hydroxylation is 1. The second-order valence-electron chi connectivity index (χ2n) is 2.95. The van der Waals surface area contributed by atoms with Crippen molar-refractivity contribution < 1.29 is 4.74 Å². The molecule has 4 heteroatoms. The molecule has 0 N–H and O–H groups in total. The normalized spacial score (nSPS) is 15.3. The Morgan fingerprint density at radius 3 is 3.00 bits per heavy atom. The van der Waals surface area contributed by atoms with Crippen molar-refractivity contribution in [3.63, 3.8) is 0 Å². The Balaban J connectivity index is 2.49. The van der Waals surface area contributed by atoms with Gasteiger partial charge in [-0.2, -0.15) is 0 Å². The third-order valence-corrected chi connectivity index (χ3v) is 2.01. The summed E-state index contributed by atoms with van der Waals surface area (Å²) in [6.07, 6.45) is 4.05. The van der Waals surface area contributed by atoms with Crippen molar-refractivity contribution in [3.8, 4) is 6.01 Å². The molecule has 64 valence electrons. The molecule has 2 heterocycles. The first-order valence-corrected chi connectivity index (χ1v) is 3.96. The van der Waals surface area contributed by atoms with E-state index in [0.29, 0.717) is 6.01 Å². The lowest BCUT2D eigenvalue weighted by atomic mass is 10.1. The Labute approximate surface area is 70.9 Å². The number of rotatable bonds is 1. The fourth-order valence-electron chi connectivity index (χ4n) is 1.34. The summed E-state index contributed by atoms with van der Waals surface area (Å²) in [7, 11) is 1.61. The van der Waals surface area contributed by atoms with Gasteiger partial charge in [-0.05, 0) is 13.3 Å². The van der Waals surface area contributed by atoms with Gasteiger partial charge in [-0.3, -0.25) is 4.57 Å². The van der Waals surface area contributed by atoms with Gasteiger partial charge in [0.15, 0.2) is 0 Å². The van der Waals surface area contributed by atoms with E-state index < -0.39 is 0 Å². The Morgan fingerprint density at radius 2 is 2.25 bits per heavy atom. The summed E-state index contributed by atoms with van der Waals surface area (Å²) in [6.45, 7) is 2.10. The van der Waals surface area contributed by atoms with Gasteiger partial charge >= 0.3 is 6.01 Å². The predicted molar refractivity (Wildman–Crippen MR) is 44.8 cm³/mol. The first-order chi connectivity index (χ1) is 5.81. The lowest BCUT2D eigenvalue weighted by molar-refractivity contribution is 0.372. The number of hydrogen-bond acceptors (Lipinski definition) is 3. The van der Waals surface area contributed by atoms with Crippen molar-refractivity contribution in [2.24, 2.45) is 0 Å². The largest absolute Gasteiger partial charge is 0.467 e. The van der Waals surface area contributed by atoms with E-state index >= 15 is 0 Å². The molecule has 0 aromatic carbocycles. The topological polar surface area (TPSA) is 39.9 Å². The van der Waals surface area contributed by atoms with Crippen molar-refractivity contribution >= 4 is 6.20 Å². The van der Waals surface area contributed by atoms with Crippen LogP contribution >= 0.6 is 0 Å². The van der Waals surface area contributed by atoms with Crippen LogP contribution in [0.1, 0.15) is 19.2 Å². The fourth-order valence-corrected chi connectivity index (χ4v) is 1.34. The van der Waals surface area contributed by atoms with Crippen LogP contribution in [0.5, 0.6) is 6.01 Å². The Kier molecular flexibility index (Phi) is 1.60. The summed E-state index contributed by atoms with van der Waals surface area (Å²) in [4.78, 5) is 0. The van der Waals surface area contributed by atoms with E-state index in [1.807, 2.05) is 10.8 Å². The zero-order valence-corrected chi connectivity index (χ0v) is 7.24. The van der Waals surface area contributed by atoms with Gasteiger partial charge in [0, 0.05) is 12.6 Å². The second-order valence-corrected chi connectivity index (χ2v) is 2.95. The smallest absolute Gasteiger partial charge is 0.320 e. The highest BCUT2D eigenvalue weighted by atomic mass is 16.5.